The Balaban J connectivity index is 3.60. The predicted octanol–water partition coefficient (Wildman–Crippen LogP) is 12.9. The standard InChI is InChI=1S/C47H87NO4/c1-3-5-7-9-11-13-15-16-17-18-19-20-21-22-23-24-25-26-27-28-29-30-31-32-34-36-38-40-42-46(51)47(52)48-44(43-49)45(50)41-39-37-35-33-14-12-10-8-6-4-2/h14,19-20,22-23,33,39,41,44-46,49-51H,3-13,15-18,21,24-32,34-38,40,42-43H2,1-2H3,(H,48,52)/b20-19-,23-22-,33-14+,41-39+. The fourth-order valence-corrected chi connectivity index (χ4v) is 6.58. The lowest BCUT2D eigenvalue weighted by Crippen LogP contribution is -2.48. The molecule has 0 rings (SSSR count). The smallest absolute Gasteiger partial charge is 0.249 e. The van der Waals surface area contributed by atoms with Crippen molar-refractivity contribution in [3.8, 4) is 0 Å². The van der Waals surface area contributed by atoms with Gasteiger partial charge < -0.3 is 20.6 Å². The number of hydrogen-bond donors (Lipinski definition) is 4. The second-order valence-corrected chi connectivity index (χ2v) is 15.2. The Kier molecular flexibility index (Phi) is 40.7. The van der Waals surface area contributed by atoms with Crippen LogP contribution in [0, 0.1) is 0 Å². The molecule has 0 saturated heterocycles. The van der Waals surface area contributed by atoms with Gasteiger partial charge in [-0.15, -0.1) is 0 Å². The zero-order valence-electron chi connectivity index (χ0n) is 34.4. The molecular formula is C47H87NO4. The van der Waals surface area contributed by atoms with Crippen LogP contribution in [-0.4, -0.2) is 46.1 Å². The maximum Gasteiger partial charge on any atom is 0.249 e. The maximum absolute atomic E-state index is 12.4. The lowest BCUT2D eigenvalue weighted by molar-refractivity contribution is -0.131. The molecule has 5 nitrogen and oxygen atoms in total. The minimum atomic E-state index is -1.11. The summed E-state index contributed by atoms with van der Waals surface area (Å²) in [4.78, 5) is 12.4. The monoisotopic (exact) mass is 730 g/mol. The summed E-state index contributed by atoms with van der Waals surface area (Å²) >= 11 is 0. The van der Waals surface area contributed by atoms with Gasteiger partial charge >= 0.3 is 0 Å². The molecule has 0 aliphatic carbocycles. The van der Waals surface area contributed by atoms with Gasteiger partial charge in [0.1, 0.15) is 6.10 Å². The first-order chi connectivity index (χ1) is 25.6. The van der Waals surface area contributed by atoms with Crippen molar-refractivity contribution in [1.82, 2.24) is 5.32 Å². The van der Waals surface area contributed by atoms with Crippen LogP contribution < -0.4 is 5.32 Å². The molecule has 1 amide bonds. The number of nitrogens with one attached hydrogen (secondary N) is 1. The number of carbonyl (C=O) groups excluding carboxylic acids is 1. The van der Waals surface area contributed by atoms with Gasteiger partial charge in [-0.05, 0) is 64.2 Å². The summed E-state index contributed by atoms with van der Waals surface area (Å²) in [5, 5.41) is 33.0. The first-order valence-electron chi connectivity index (χ1n) is 22.5. The van der Waals surface area contributed by atoms with Crippen LogP contribution >= 0.6 is 0 Å². The van der Waals surface area contributed by atoms with Crippen molar-refractivity contribution in [2.45, 2.75) is 238 Å². The third-order valence-corrected chi connectivity index (χ3v) is 10.1. The summed E-state index contributed by atoms with van der Waals surface area (Å²) in [7, 11) is 0. The highest BCUT2D eigenvalue weighted by molar-refractivity contribution is 5.80. The Morgan fingerprint density at radius 1 is 0.481 bits per heavy atom. The van der Waals surface area contributed by atoms with Gasteiger partial charge in [0.05, 0.1) is 18.8 Å². The van der Waals surface area contributed by atoms with Gasteiger partial charge in [0, 0.05) is 0 Å². The second-order valence-electron chi connectivity index (χ2n) is 15.2. The van der Waals surface area contributed by atoms with Crippen LogP contribution in [0.15, 0.2) is 48.6 Å². The van der Waals surface area contributed by atoms with Gasteiger partial charge in [-0.1, -0.05) is 204 Å². The molecular weight excluding hydrogens is 643 g/mol. The van der Waals surface area contributed by atoms with Crippen molar-refractivity contribution in [3.05, 3.63) is 48.6 Å². The van der Waals surface area contributed by atoms with Crippen LogP contribution in [0.3, 0.4) is 0 Å². The molecule has 0 fully saturated rings. The molecule has 5 heteroatoms. The zero-order chi connectivity index (χ0) is 38.0. The SMILES string of the molecule is CCCCCC/C=C/CC/C=C/C(O)C(CO)NC(=O)C(O)CCCCCCCCCCCCCC/C=C\C/C=C\CCCCCCCCCCC. The summed E-state index contributed by atoms with van der Waals surface area (Å²) in [6.07, 6.45) is 54.5. The van der Waals surface area contributed by atoms with E-state index in [1.807, 2.05) is 6.08 Å². The van der Waals surface area contributed by atoms with Crippen molar-refractivity contribution in [2.75, 3.05) is 6.61 Å². The van der Waals surface area contributed by atoms with Crippen LogP contribution in [0.2, 0.25) is 0 Å². The van der Waals surface area contributed by atoms with Gasteiger partial charge in [0.15, 0.2) is 0 Å². The lowest BCUT2D eigenvalue weighted by Gasteiger charge is -2.21. The summed E-state index contributed by atoms with van der Waals surface area (Å²) < 4.78 is 0. The van der Waals surface area contributed by atoms with Gasteiger partial charge in [0.2, 0.25) is 5.91 Å². The Morgan fingerprint density at radius 2 is 0.846 bits per heavy atom. The molecule has 3 unspecified atom stereocenters. The van der Waals surface area contributed by atoms with Gasteiger partial charge in [-0.3, -0.25) is 4.79 Å². The molecule has 0 aliphatic heterocycles. The van der Waals surface area contributed by atoms with E-state index in [1.54, 1.807) is 6.08 Å². The number of rotatable bonds is 40. The highest BCUT2D eigenvalue weighted by Gasteiger charge is 2.22. The molecule has 0 aromatic heterocycles. The van der Waals surface area contributed by atoms with Crippen LogP contribution in [0.4, 0.5) is 0 Å². The van der Waals surface area contributed by atoms with Crippen molar-refractivity contribution in [2.24, 2.45) is 0 Å². The van der Waals surface area contributed by atoms with Crippen LogP contribution in [0.25, 0.3) is 0 Å². The van der Waals surface area contributed by atoms with Crippen LogP contribution in [-0.2, 0) is 4.79 Å². The molecule has 0 radical (unpaired) electrons. The number of carbonyl (C=O) groups is 1. The summed E-state index contributed by atoms with van der Waals surface area (Å²) in [5.41, 5.74) is 0. The number of amides is 1. The largest absolute Gasteiger partial charge is 0.394 e. The summed E-state index contributed by atoms with van der Waals surface area (Å²) in [6.45, 7) is 4.13. The molecule has 3 atom stereocenters. The third-order valence-electron chi connectivity index (χ3n) is 10.1. The van der Waals surface area contributed by atoms with Crippen molar-refractivity contribution in [1.29, 1.82) is 0 Å². The Morgan fingerprint density at radius 3 is 1.31 bits per heavy atom. The molecule has 0 aliphatic rings. The maximum atomic E-state index is 12.4. The van der Waals surface area contributed by atoms with E-state index in [2.05, 4.69) is 55.6 Å². The Labute approximate surface area is 323 Å². The summed E-state index contributed by atoms with van der Waals surface area (Å²) in [5.74, 6) is -0.517. The molecule has 0 heterocycles. The topological polar surface area (TPSA) is 89.8 Å². The number of aliphatic hydroxyl groups is 3. The molecule has 304 valence electrons. The van der Waals surface area contributed by atoms with Crippen molar-refractivity contribution in [3.63, 3.8) is 0 Å². The van der Waals surface area contributed by atoms with E-state index in [4.69, 9.17) is 0 Å². The average Bonchev–Trinajstić information content (AvgIpc) is 3.15. The molecule has 0 spiro atoms. The predicted molar refractivity (Wildman–Crippen MR) is 227 cm³/mol. The third kappa shape index (κ3) is 36.7. The molecule has 52 heavy (non-hydrogen) atoms. The highest BCUT2D eigenvalue weighted by atomic mass is 16.3. The first-order valence-corrected chi connectivity index (χ1v) is 22.5. The highest BCUT2D eigenvalue weighted by Crippen LogP contribution is 2.15. The fraction of sp³-hybridized carbons (Fsp3) is 0.809. The second kappa shape index (κ2) is 42.1. The quantitative estimate of drug-likeness (QED) is 0.0373. The number of allylic oxidation sites excluding steroid dienone is 7. The average molecular weight is 730 g/mol. The lowest BCUT2D eigenvalue weighted by atomic mass is 10.0. The van der Waals surface area contributed by atoms with Crippen LogP contribution in [0.5, 0.6) is 0 Å². The van der Waals surface area contributed by atoms with Gasteiger partial charge in [-0.25, -0.2) is 0 Å². The Bertz CT molecular complexity index is 850. The number of unbranched alkanes of at least 4 members (excludes halogenated alkanes) is 26. The molecule has 0 aromatic carbocycles. The van der Waals surface area contributed by atoms with E-state index in [0.29, 0.717) is 6.42 Å². The molecule has 0 bridgehead atoms. The van der Waals surface area contributed by atoms with E-state index in [9.17, 15) is 20.1 Å². The Hall–Kier alpha value is -1.69. The van der Waals surface area contributed by atoms with E-state index in [-0.39, 0.29) is 6.61 Å². The normalized spacial score (nSPS) is 14.0. The van der Waals surface area contributed by atoms with Crippen LogP contribution in [0.1, 0.15) is 219 Å². The molecule has 0 aromatic rings. The zero-order valence-corrected chi connectivity index (χ0v) is 34.4. The number of hydrogen-bond acceptors (Lipinski definition) is 4. The first kappa shape index (κ1) is 50.3. The van der Waals surface area contributed by atoms with E-state index in [1.165, 1.54) is 154 Å². The molecule has 4 N–H and O–H groups in total. The van der Waals surface area contributed by atoms with Crippen molar-refractivity contribution >= 4 is 5.91 Å². The number of aliphatic hydroxyl groups excluding tert-OH is 3. The van der Waals surface area contributed by atoms with Crippen molar-refractivity contribution < 1.29 is 20.1 Å². The van der Waals surface area contributed by atoms with E-state index < -0.39 is 24.2 Å². The van der Waals surface area contributed by atoms with Gasteiger partial charge in [-0.2, -0.15) is 0 Å². The molecule has 0 saturated carbocycles. The van der Waals surface area contributed by atoms with Gasteiger partial charge in [0.25, 0.3) is 0 Å². The summed E-state index contributed by atoms with van der Waals surface area (Å²) in [6, 6.07) is -0.814. The van der Waals surface area contributed by atoms with E-state index in [0.717, 1.165) is 44.9 Å². The fourth-order valence-electron chi connectivity index (χ4n) is 6.58. The minimum Gasteiger partial charge on any atom is -0.394 e. The minimum absolute atomic E-state index is 0.378. The van der Waals surface area contributed by atoms with E-state index >= 15 is 0 Å².